The summed E-state index contributed by atoms with van der Waals surface area (Å²) in [6, 6.07) is 9.79. The first-order valence-electron chi connectivity index (χ1n) is 8.09. The molecule has 1 aliphatic rings. The Labute approximate surface area is 124 Å². The van der Waals surface area contributed by atoms with Crippen LogP contribution in [0.5, 0.6) is 0 Å². The summed E-state index contributed by atoms with van der Waals surface area (Å²) >= 11 is 0. The topological polar surface area (TPSA) is 18.5 Å². The minimum Gasteiger partial charge on any atom is -0.372 e. The highest BCUT2D eigenvalue weighted by Gasteiger charge is 2.20. The first-order chi connectivity index (χ1) is 9.80. The molecule has 1 aliphatic heterocycles. The highest BCUT2D eigenvalue weighted by molar-refractivity contribution is 5.47. The molecule has 1 aromatic rings. The monoisotopic (exact) mass is 275 g/mol. The van der Waals surface area contributed by atoms with Gasteiger partial charge in [-0.1, -0.05) is 19.1 Å². The Morgan fingerprint density at radius 3 is 2.15 bits per heavy atom. The molecule has 0 spiro atoms. The number of nitrogens with one attached hydrogen (secondary N) is 1. The summed E-state index contributed by atoms with van der Waals surface area (Å²) in [5, 5.41) is 3.44. The van der Waals surface area contributed by atoms with Crippen LogP contribution < -0.4 is 10.2 Å². The van der Waals surface area contributed by atoms with Crippen LogP contribution in [0.2, 0.25) is 0 Å². The van der Waals surface area contributed by atoms with E-state index in [1.165, 1.54) is 17.7 Å². The fourth-order valence-corrected chi connectivity index (χ4v) is 3.19. The second-order valence-corrected chi connectivity index (χ2v) is 5.47. The average Bonchev–Trinajstić information content (AvgIpc) is 2.52. The van der Waals surface area contributed by atoms with Crippen LogP contribution in [-0.4, -0.2) is 44.2 Å². The largest absolute Gasteiger partial charge is 0.372 e. The molecule has 1 saturated heterocycles. The van der Waals surface area contributed by atoms with Gasteiger partial charge >= 0.3 is 0 Å². The maximum Gasteiger partial charge on any atom is 0.0366 e. The van der Waals surface area contributed by atoms with E-state index < -0.39 is 0 Å². The lowest BCUT2D eigenvalue weighted by Crippen LogP contribution is -2.45. The van der Waals surface area contributed by atoms with E-state index in [1.807, 2.05) is 0 Å². The molecule has 0 amide bonds. The number of piperazine rings is 1. The van der Waals surface area contributed by atoms with E-state index in [9.17, 15) is 0 Å². The second kappa shape index (κ2) is 7.65. The Morgan fingerprint density at radius 2 is 1.65 bits per heavy atom. The number of benzene rings is 1. The Bertz CT molecular complexity index is 378. The quantitative estimate of drug-likeness (QED) is 0.861. The molecule has 1 heterocycles. The summed E-state index contributed by atoms with van der Waals surface area (Å²) in [5.41, 5.74) is 2.80. The Morgan fingerprint density at radius 1 is 1.05 bits per heavy atom. The van der Waals surface area contributed by atoms with Gasteiger partial charge in [0.2, 0.25) is 0 Å². The molecule has 1 N–H and O–H groups in total. The Hall–Kier alpha value is -1.06. The van der Waals surface area contributed by atoms with E-state index in [1.54, 1.807) is 0 Å². The SMILES string of the molecule is CC[C@@H](c1ccc(N(CC)CC)cc1)N1CCNCC1. The average molecular weight is 275 g/mol. The highest BCUT2D eigenvalue weighted by atomic mass is 15.2. The molecule has 3 heteroatoms. The normalized spacial score (nSPS) is 17.9. The van der Waals surface area contributed by atoms with Crippen molar-refractivity contribution < 1.29 is 0 Å². The molecule has 0 unspecified atom stereocenters. The molecular formula is C17H29N3. The molecule has 0 bridgehead atoms. The lowest BCUT2D eigenvalue weighted by atomic mass is 10.0. The van der Waals surface area contributed by atoms with E-state index in [0.29, 0.717) is 6.04 Å². The molecule has 0 radical (unpaired) electrons. The first-order valence-corrected chi connectivity index (χ1v) is 8.09. The summed E-state index contributed by atoms with van der Waals surface area (Å²) in [4.78, 5) is 5.01. The molecule has 0 aliphatic carbocycles. The first kappa shape index (κ1) is 15.3. The van der Waals surface area contributed by atoms with E-state index in [2.05, 4.69) is 60.2 Å². The predicted octanol–water partition coefficient (Wildman–Crippen LogP) is 2.89. The van der Waals surface area contributed by atoms with Gasteiger partial charge in [-0.05, 0) is 38.0 Å². The number of nitrogens with zero attached hydrogens (tertiary/aromatic N) is 2. The van der Waals surface area contributed by atoms with Crippen molar-refractivity contribution in [1.29, 1.82) is 0 Å². The zero-order valence-electron chi connectivity index (χ0n) is 13.2. The Balaban J connectivity index is 2.10. The minimum atomic E-state index is 0.572. The van der Waals surface area contributed by atoms with Gasteiger partial charge in [-0.2, -0.15) is 0 Å². The van der Waals surface area contributed by atoms with Crippen LogP contribution in [0.3, 0.4) is 0 Å². The third-order valence-corrected chi connectivity index (χ3v) is 4.39. The molecule has 1 atom stereocenters. The van der Waals surface area contributed by atoms with Crippen molar-refractivity contribution in [3.05, 3.63) is 29.8 Å². The van der Waals surface area contributed by atoms with Crippen LogP contribution in [0.1, 0.15) is 38.8 Å². The van der Waals surface area contributed by atoms with Crippen molar-refractivity contribution in [3.8, 4) is 0 Å². The van der Waals surface area contributed by atoms with E-state index in [-0.39, 0.29) is 0 Å². The maximum atomic E-state index is 3.44. The zero-order valence-corrected chi connectivity index (χ0v) is 13.2. The van der Waals surface area contributed by atoms with Gasteiger partial charge in [0.05, 0.1) is 0 Å². The molecule has 112 valence electrons. The van der Waals surface area contributed by atoms with Crippen LogP contribution in [0.25, 0.3) is 0 Å². The minimum absolute atomic E-state index is 0.572. The van der Waals surface area contributed by atoms with Gasteiger partial charge in [0.15, 0.2) is 0 Å². The summed E-state index contributed by atoms with van der Waals surface area (Å²) < 4.78 is 0. The van der Waals surface area contributed by atoms with E-state index >= 15 is 0 Å². The van der Waals surface area contributed by atoms with Gasteiger partial charge in [-0.15, -0.1) is 0 Å². The number of anilines is 1. The third kappa shape index (κ3) is 3.53. The van der Waals surface area contributed by atoms with Crippen LogP contribution in [0.4, 0.5) is 5.69 Å². The van der Waals surface area contributed by atoms with Gasteiger partial charge in [0, 0.05) is 51.0 Å². The number of rotatable bonds is 6. The molecular weight excluding hydrogens is 246 g/mol. The Kier molecular flexibility index (Phi) is 5.86. The second-order valence-electron chi connectivity index (χ2n) is 5.47. The number of hydrogen-bond acceptors (Lipinski definition) is 3. The smallest absolute Gasteiger partial charge is 0.0366 e. The fraction of sp³-hybridized carbons (Fsp3) is 0.647. The molecule has 1 aromatic carbocycles. The molecule has 20 heavy (non-hydrogen) atoms. The zero-order chi connectivity index (χ0) is 14.4. The number of hydrogen-bond donors (Lipinski definition) is 1. The van der Waals surface area contributed by atoms with Gasteiger partial charge in [-0.3, -0.25) is 4.90 Å². The van der Waals surface area contributed by atoms with Gasteiger partial charge < -0.3 is 10.2 Å². The summed E-state index contributed by atoms with van der Waals surface area (Å²) in [6.45, 7) is 13.4. The standard InChI is InChI=1S/C17H29N3/c1-4-17(20-13-11-18-12-14-20)15-7-9-16(10-8-15)19(5-2)6-3/h7-10,17-18H,4-6,11-14H2,1-3H3/t17-/m0/s1. The van der Waals surface area contributed by atoms with E-state index in [4.69, 9.17) is 0 Å². The molecule has 0 saturated carbocycles. The fourth-order valence-electron chi connectivity index (χ4n) is 3.19. The predicted molar refractivity (Wildman–Crippen MR) is 87.5 cm³/mol. The molecule has 1 fully saturated rings. The lowest BCUT2D eigenvalue weighted by molar-refractivity contribution is 0.169. The van der Waals surface area contributed by atoms with Crippen LogP contribution in [-0.2, 0) is 0 Å². The van der Waals surface area contributed by atoms with E-state index in [0.717, 1.165) is 39.3 Å². The van der Waals surface area contributed by atoms with Crippen molar-refractivity contribution in [2.24, 2.45) is 0 Å². The van der Waals surface area contributed by atoms with Crippen molar-refractivity contribution in [2.75, 3.05) is 44.2 Å². The van der Waals surface area contributed by atoms with Crippen LogP contribution in [0, 0.1) is 0 Å². The van der Waals surface area contributed by atoms with Crippen molar-refractivity contribution >= 4 is 5.69 Å². The third-order valence-electron chi connectivity index (χ3n) is 4.39. The molecule has 2 rings (SSSR count). The van der Waals surface area contributed by atoms with Gasteiger partial charge in [-0.25, -0.2) is 0 Å². The highest BCUT2D eigenvalue weighted by Crippen LogP contribution is 2.26. The summed E-state index contributed by atoms with van der Waals surface area (Å²) in [7, 11) is 0. The lowest BCUT2D eigenvalue weighted by Gasteiger charge is -2.35. The maximum absolute atomic E-state index is 3.44. The van der Waals surface area contributed by atoms with Crippen LogP contribution in [0.15, 0.2) is 24.3 Å². The summed E-state index contributed by atoms with van der Waals surface area (Å²) in [5.74, 6) is 0. The summed E-state index contributed by atoms with van der Waals surface area (Å²) in [6.07, 6.45) is 1.19. The van der Waals surface area contributed by atoms with Crippen LogP contribution >= 0.6 is 0 Å². The molecule has 0 aromatic heterocycles. The van der Waals surface area contributed by atoms with Crippen molar-refractivity contribution in [3.63, 3.8) is 0 Å². The van der Waals surface area contributed by atoms with Gasteiger partial charge in [0.25, 0.3) is 0 Å². The van der Waals surface area contributed by atoms with Crippen molar-refractivity contribution in [2.45, 2.75) is 33.2 Å². The van der Waals surface area contributed by atoms with Gasteiger partial charge in [0.1, 0.15) is 0 Å². The molecule has 3 nitrogen and oxygen atoms in total. The van der Waals surface area contributed by atoms with Crippen molar-refractivity contribution in [1.82, 2.24) is 10.2 Å².